The number of carbonyl (C=O) groups is 4. The van der Waals surface area contributed by atoms with Gasteiger partial charge in [0.05, 0.1) is 0 Å². The largest absolute Gasteiger partial charge is 0.512 e. The van der Waals surface area contributed by atoms with Gasteiger partial charge in [0.15, 0.2) is 23.1 Å². The van der Waals surface area contributed by atoms with Crippen LogP contribution in [0.15, 0.2) is 69.6 Å². The van der Waals surface area contributed by atoms with Crippen molar-refractivity contribution >= 4 is 23.1 Å². The van der Waals surface area contributed by atoms with Gasteiger partial charge in [-0.15, -0.1) is 0 Å². The summed E-state index contributed by atoms with van der Waals surface area (Å²) in [5, 5.41) is 45.2. The molecule has 0 fully saturated rings. The number of Topliss-reactive ketones (excluding diaryl/α,β-unsaturated/α-hetero) is 4. The highest BCUT2D eigenvalue weighted by atomic mass is 16.3. The number of ketones is 4. The second kappa shape index (κ2) is 11.9. The Morgan fingerprint density at radius 1 is 0.396 bits per heavy atom. The predicted molar refractivity (Wildman–Crippen MR) is 183 cm³/mol. The molecule has 258 valence electrons. The molecule has 0 atom stereocenters. The Bertz CT molecular complexity index is 1490. The summed E-state index contributed by atoms with van der Waals surface area (Å²) in [7, 11) is 0. The van der Waals surface area contributed by atoms with E-state index in [-0.39, 0.29) is 120 Å². The Balaban J connectivity index is 1.70. The van der Waals surface area contributed by atoms with Gasteiger partial charge in [0.1, 0.15) is 23.0 Å². The summed E-state index contributed by atoms with van der Waals surface area (Å²) in [5.41, 5.74) is -0.609. The molecule has 4 N–H and O–H groups in total. The third kappa shape index (κ3) is 6.81. The second-order valence-electron chi connectivity index (χ2n) is 17.7. The van der Waals surface area contributed by atoms with E-state index >= 15 is 0 Å². The van der Waals surface area contributed by atoms with Crippen LogP contribution in [0.25, 0.3) is 0 Å². The lowest BCUT2D eigenvalue weighted by Gasteiger charge is -2.37. The van der Waals surface area contributed by atoms with Gasteiger partial charge < -0.3 is 20.4 Å². The molecule has 5 rings (SSSR count). The zero-order valence-electron chi connectivity index (χ0n) is 29.5. The van der Waals surface area contributed by atoms with Crippen LogP contribution >= 0.6 is 0 Å². The molecular weight excluding hydrogens is 608 g/mol. The van der Waals surface area contributed by atoms with Crippen LogP contribution in [-0.2, 0) is 19.2 Å². The van der Waals surface area contributed by atoms with E-state index in [0.717, 1.165) is 0 Å². The summed E-state index contributed by atoms with van der Waals surface area (Å²) in [4.78, 5) is 54.7. The van der Waals surface area contributed by atoms with E-state index in [1.165, 1.54) is 0 Å². The predicted octanol–water partition coefficient (Wildman–Crippen LogP) is 8.66. The first kappa shape index (κ1) is 35.4. The molecule has 0 saturated carbocycles. The molecule has 0 spiro atoms. The Kier molecular flexibility index (Phi) is 8.76. The summed E-state index contributed by atoms with van der Waals surface area (Å²) in [6.45, 7) is 15.1. The molecule has 4 aliphatic rings. The minimum absolute atomic E-state index is 0.0864. The van der Waals surface area contributed by atoms with Gasteiger partial charge in [0.25, 0.3) is 0 Å². The molecule has 48 heavy (non-hydrogen) atoms. The van der Waals surface area contributed by atoms with E-state index in [9.17, 15) is 39.6 Å². The Morgan fingerprint density at radius 3 is 0.750 bits per heavy atom. The average Bonchev–Trinajstić information content (AvgIpc) is 2.87. The SMILES string of the molecule is CC1(C)CC(=O)C(C(C2=C(O)CC(C)(C)CC2=O)c2ccc(C(C3=C(O)CC(C)(C)CC3=O)C3=C(O)CC(C)(C)CC3=O)cc2)=C(O)C1. The smallest absolute Gasteiger partial charge is 0.163 e. The number of allylic oxidation sites excluding steroid dienone is 8. The molecule has 0 saturated heterocycles. The zero-order valence-corrected chi connectivity index (χ0v) is 29.5. The fraction of sp³-hybridized carbons (Fsp3) is 0.550. The van der Waals surface area contributed by atoms with Crippen molar-refractivity contribution in [3.8, 4) is 0 Å². The van der Waals surface area contributed by atoms with Crippen molar-refractivity contribution in [3.05, 3.63) is 80.7 Å². The summed E-state index contributed by atoms with van der Waals surface area (Å²) in [6, 6.07) is 6.71. The van der Waals surface area contributed by atoms with Crippen molar-refractivity contribution < 1.29 is 39.6 Å². The summed E-state index contributed by atoms with van der Waals surface area (Å²) in [5.74, 6) is -3.72. The molecule has 0 unspecified atom stereocenters. The lowest BCUT2D eigenvalue weighted by Crippen LogP contribution is -2.34. The molecule has 0 aromatic heterocycles. The first-order valence-electron chi connectivity index (χ1n) is 16.9. The highest BCUT2D eigenvalue weighted by Crippen LogP contribution is 2.50. The van der Waals surface area contributed by atoms with Gasteiger partial charge in [-0.3, -0.25) is 19.2 Å². The number of rotatable bonds is 6. The molecule has 0 radical (unpaired) electrons. The summed E-state index contributed by atoms with van der Waals surface area (Å²) < 4.78 is 0. The molecule has 1 aromatic carbocycles. The van der Waals surface area contributed by atoms with Crippen LogP contribution in [0.5, 0.6) is 0 Å². The van der Waals surface area contributed by atoms with Gasteiger partial charge in [-0.05, 0) is 32.8 Å². The zero-order chi connectivity index (χ0) is 35.7. The summed E-state index contributed by atoms with van der Waals surface area (Å²) in [6.07, 6.45) is 1.57. The number of benzene rings is 1. The van der Waals surface area contributed by atoms with E-state index in [0.29, 0.717) is 11.1 Å². The van der Waals surface area contributed by atoms with E-state index in [1.54, 1.807) is 24.3 Å². The van der Waals surface area contributed by atoms with Crippen molar-refractivity contribution in [1.29, 1.82) is 0 Å². The van der Waals surface area contributed by atoms with Crippen LogP contribution in [-0.4, -0.2) is 43.6 Å². The molecule has 0 aliphatic heterocycles. The van der Waals surface area contributed by atoms with Gasteiger partial charge in [-0.2, -0.15) is 0 Å². The maximum absolute atomic E-state index is 13.7. The van der Waals surface area contributed by atoms with Gasteiger partial charge in [0, 0.05) is 85.5 Å². The minimum atomic E-state index is -1.03. The van der Waals surface area contributed by atoms with Crippen LogP contribution in [0, 0.1) is 21.7 Å². The Hall–Kier alpha value is -3.94. The first-order chi connectivity index (χ1) is 22.0. The quantitative estimate of drug-likeness (QED) is 0.237. The number of hydrogen-bond donors (Lipinski definition) is 4. The lowest BCUT2D eigenvalue weighted by atomic mass is 9.66. The van der Waals surface area contributed by atoms with Crippen molar-refractivity contribution in [2.24, 2.45) is 21.7 Å². The molecule has 8 heteroatoms. The van der Waals surface area contributed by atoms with E-state index < -0.39 is 33.5 Å². The van der Waals surface area contributed by atoms with Crippen molar-refractivity contribution in [3.63, 3.8) is 0 Å². The third-order valence-corrected chi connectivity index (χ3v) is 10.3. The number of hydrogen-bond acceptors (Lipinski definition) is 8. The van der Waals surface area contributed by atoms with Gasteiger partial charge in [0.2, 0.25) is 0 Å². The molecular formula is C40H50O8. The topological polar surface area (TPSA) is 149 Å². The fourth-order valence-electron chi connectivity index (χ4n) is 8.35. The van der Waals surface area contributed by atoms with Gasteiger partial charge in [-0.25, -0.2) is 0 Å². The van der Waals surface area contributed by atoms with Crippen LogP contribution in [0.1, 0.15) is 130 Å². The molecule has 4 aliphatic carbocycles. The molecule has 8 nitrogen and oxygen atoms in total. The Labute approximate surface area is 283 Å². The Morgan fingerprint density at radius 2 is 0.583 bits per heavy atom. The van der Waals surface area contributed by atoms with Crippen LogP contribution in [0.2, 0.25) is 0 Å². The summed E-state index contributed by atoms with van der Waals surface area (Å²) >= 11 is 0. The van der Waals surface area contributed by atoms with E-state index in [1.807, 2.05) is 55.4 Å². The fourth-order valence-corrected chi connectivity index (χ4v) is 8.35. The van der Waals surface area contributed by atoms with Crippen LogP contribution < -0.4 is 0 Å². The van der Waals surface area contributed by atoms with Crippen molar-refractivity contribution in [2.75, 3.05) is 0 Å². The number of aliphatic hydroxyl groups excluding tert-OH is 4. The van der Waals surface area contributed by atoms with Gasteiger partial charge >= 0.3 is 0 Å². The first-order valence-corrected chi connectivity index (χ1v) is 16.9. The normalized spacial score (nSPS) is 24.4. The highest BCUT2D eigenvalue weighted by molar-refractivity contribution is 6.06. The minimum Gasteiger partial charge on any atom is -0.512 e. The maximum Gasteiger partial charge on any atom is 0.163 e. The molecule has 0 heterocycles. The lowest BCUT2D eigenvalue weighted by molar-refractivity contribution is -0.121. The van der Waals surface area contributed by atoms with E-state index in [2.05, 4.69) is 0 Å². The standard InChI is InChI=1S/C40H50O8/c1-37(2)13-23(41)33(24(42)14-37)31(34-25(43)15-38(3,4)16-26(34)44)21-9-11-22(12-10-21)32(35-27(45)17-39(5,6)18-28(35)46)36-29(47)19-40(7,8)20-30(36)48/h9-12,31-32,41,43,45,47H,13-20H2,1-8H3. The number of carbonyl (C=O) groups excluding carboxylic acids is 4. The van der Waals surface area contributed by atoms with Crippen LogP contribution in [0.4, 0.5) is 0 Å². The third-order valence-electron chi connectivity index (χ3n) is 10.3. The second-order valence-corrected chi connectivity index (χ2v) is 17.7. The van der Waals surface area contributed by atoms with Crippen molar-refractivity contribution in [2.45, 2.75) is 119 Å². The monoisotopic (exact) mass is 658 g/mol. The maximum atomic E-state index is 13.7. The van der Waals surface area contributed by atoms with Crippen molar-refractivity contribution in [1.82, 2.24) is 0 Å². The van der Waals surface area contributed by atoms with E-state index in [4.69, 9.17) is 0 Å². The average molecular weight is 659 g/mol. The number of aliphatic hydroxyl groups is 4. The highest BCUT2D eigenvalue weighted by Gasteiger charge is 2.46. The molecule has 0 bridgehead atoms. The molecule has 0 amide bonds. The van der Waals surface area contributed by atoms with Gasteiger partial charge in [-0.1, -0.05) is 79.7 Å². The molecule has 1 aromatic rings. The van der Waals surface area contributed by atoms with Crippen LogP contribution in [0.3, 0.4) is 0 Å².